The Labute approximate surface area is 240 Å². The molecule has 13 heteroatoms. The number of likely N-dealkylation sites (N-methyl/N-ethyl adjacent to an activating group) is 3. The first kappa shape index (κ1) is 31.8. The molecule has 8 atom stereocenters. The molecular weight excluding hydrogens is 526 g/mol. The molecule has 13 nitrogen and oxygen atoms in total. The molecule has 0 aliphatic carbocycles. The predicted octanol–water partition coefficient (Wildman–Crippen LogP) is -0.615. The van der Waals surface area contributed by atoms with Gasteiger partial charge in [-0.15, -0.1) is 0 Å². The van der Waals surface area contributed by atoms with Crippen LogP contribution in [0.15, 0.2) is 0 Å². The molecule has 0 aliphatic heterocycles. The van der Waals surface area contributed by atoms with E-state index < -0.39 is 103 Å². The number of carboxylic acids is 1. The number of carboxylic acid groups (broad SMARTS) is 1. The highest BCUT2D eigenvalue weighted by Crippen LogP contribution is 2.42. The van der Waals surface area contributed by atoms with E-state index in [0.717, 1.165) is 13.8 Å². The van der Waals surface area contributed by atoms with Crippen LogP contribution in [0.3, 0.4) is 0 Å². The van der Waals surface area contributed by atoms with Crippen LogP contribution in [0.2, 0.25) is 0 Å². The van der Waals surface area contributed by atoms with Gasteiger partial charge in [-0.3, -0.25) is 24.0 Å². The molecular formula is C27H47N3O10. The number of carbonyl (C=O) groups is 6. The number of carbonyl (C=O) groups excluding carboxylic acids is 5. The maximum atomic E-state index is 15.5. The van der Waals surface area contributed by atoms with Gasteiger partial charge >= 0.3 is 5.97 Å². The van der Waals surface area contributed by atoms with Gasteiger partial charge in [-0.05, 0) is 46.6 Å². The van der Waals surface area contributed by atoms with Crippen molar-refractivity contribution in [2.75, 3.05) is 21.1 Å². The first-order valence-electron chi connectivity index (χ1n) is 15.0. The van der Waals surface area contributed by atoms with Crippen LogP contribution in [-0.2, 0) is 28.8 Å². The summed E-state index contributed by atoms with van der Waals surface area (Å²) in [7, 11) is -2.92. The van der Waals surface area contributed by atoms with Crippen molar-refractivity contribution in [3.8, 4) is 0 Å². The molecule has 0 saturated carbocycles. The molecule has 0 bridgehead atoms. The third-order valence-corrected chi connectivity index (χ3v) is 7.72. The first-order valence-corrected chi connectivity index (χ1v) is 12.9. The highest BCUT2D eigenvalue weighted by molar-refractivity contribution is 6.30. The molecule has 5 N–H and O–H groups in total. The summed E-state index contributed by atoms with van der Waals surface area (Å²) in [5.74, 6) is -12.1. The molecule has 0 saturated heterocycles. The summed E-state index contributed by atoms with van der Waals surface area (Å²) in [6, 6.07) is -1.41. The summed E-state index contributed by atoms with van der Waals surface area (Å²) in [6.07, 6.45) is -4.10. The third-order valence-electron chi connectivity index (χ3n) is 7.72. The second kappa shape index (κ2) is 13.7. The van der Waals surface area contributed by atoms with Crippen LogP contribution in [-0.4, -0.2) is 121 Å². The molecule has 0 fully saturated rings. The number of hydrogen-bond donors (Lipinski definition) is 5. The molecule has 0 radical (unpaired) electrons. The zero-order valence-corrected chi connectivity index (χ0v) is 24.6. The summed E-state index contributed by atoms with van der Waals surface area (Å²) in [6.45, 7) is 9.33. The molecule has 0 unspecified atom stereocenters. The van der Waals surface area contributed by atoms with Gasteiger partial charge in [0.2, 0.25) is 11.4 Å². The van der Waals surface area contributed by atoms with Crippen molar-refractivity contribution in [3.63, 3.8) is 0 Å². The number of rotatable bonds is 16. The van der Waals surface area contributed by atoms with E-state index in [1.54, 1.807) is 0 Å². The maximum absolute atomic E-state index is 15.5. The fourth-order valence-corrected chi connectivity index (χ4v) is 4.73. The van der Waals surface area contributed by atoms with Gasteiger partial charge in [-0.25, -0.2) is 4.79 Å². The summed E-state index contributed by atoms with van der Waals surface area (Å²) in [4.78, 5) is 84.2. The van der Waals surface area contributed by atoms with Gasteiger partial charge in [0.05, 0.1) is 6.04 Å². The molecule has 0 aromatic rings. The quantitative estimate of drug-likeness (QED) is 0.147. The highest BCUT2D eigenvalue weighted by Gasteiger charge is 2.69. The number of ketones is 3. The Morgan fingerprint density at radius 3 is 1.52 bits per heavy atom. The molecule has 0 aromatic heterocycles. The van der Waals surface area contributed by atoms with Crippen molar-refractivity contribution in [2.24, 2.45) is 11.8 Å². The van der Waals surface area contributed by atoms with E-state index in [4.69, 9.17) is 4.11 Å². The lowest BCUT2D eigenvalue weighted by Gasteiger charge is -2.53. The lowest BCUT2D eigenvalue weighted by Crippen LogP contribution is -2.80. The van der Waals surface area contributed by atoms with E-state index >= 15 is 4.79 Å². The summed E-state index contributed by atoms with van der Waals surface area (Å²) in [5, 5.41) is 43.9. The van der Waals surface area contributed by atoms with Crippen LogP contribution in [0.25, 0.3) is 0 Å². The number of hydrogen-bond acceptors (Lipinski definition) is 10. The monoisotopic (exact) mass is 576 g/mol. The zero-order valence-electron chi connectivity index (χ0n) is 27.6. The number of amides is 2. The standard InChI is InChI=1S/C27H47N3O10/c1-12-14(3)26(19(33)16(5)28-9,29(10)20(34)17(6)31)23(37)27(15(4)13-2,30(11)21(35)18(7)32)22(36)25(8,40)24(38)39/h14-18,28,31-32,40H,12-13H2,1-11H3,(H,38,39)/t14-,15-,16+,17+,18+,25-,26-,27+/m1/s1/i9D,10D,11D. The average Bonchev–Trinajstić information content (AvgIpc) is 2.95. The van der Waals surface area contributed by atoms with Crippen LogP contribution in [0.4, 0.5) is 0 Å². The van der Waals surface area contributed by atoms with Crippen molar-refractivity contribution in [1.82, 2.24) is 15.1 Å². The van der Waals surface area contributed by atoms with Crippen molar-refractivity contribution in [3.05, 3.63) is 0 Å². The maximum Gasteiger partial charge on any atom is 0.343 e. The van der Waals surface area contributed by atoms with Crippen LogP contribution in [0, 0.1) is 11.8 Å². The fraction of sp³-hybridized carbons (Fsp3) is 0.778. The first-order chi connectivity index (χ1) is 19.7. The molecule has 2 amide bonds. The minimum absolute atomic E-state index is 0.0833. The molecule has 0 aliphatic rings. The van der Waals surface area contributed by atoms with Crippen molar-refractivity contribution < 1.29 is 53.3 Å². The van der Waals surface area contributed by atoms with E-state index in [0.29, 0.717) is 11.8 Å². The minimum Gasteiger partial charge on any atom is -0.479 e. The predicted molar refractivity (Wildman–Crippen MR) is 145 cm³/mol. The van der Waals surface area contributed by atoms with Crippen LogP contribution in [0.1, 0.15) is 72.3 Å². The molecule has 0 rings (SSSR count). The highest BCUT2D eigenvalue weighted by atomic mass is 16.4. The Morgan fingerprint density at radius 1 is 0.800 bits per heavy atom. The van der Waals surface area contributed by atoms with Crippen molar-refractivity contribution in [1.29, 1.82) is 0 Å². The molecule has 230 valence electrons. The molecule has 0 heterocycles. The second-order valence-electron chi connectivity index (χ2n) is 10.4. The van der Waals surface area contributed by atoms with Crippen molar-refractivity contribution in [2.45, 2.75) is 103 Å². The zero-order chi connectivity index (χ0) is 34.2. The van der Waals surface area contributed by atoms with Crippen molar-refractivity contribution >= 4 is 35.1 Å². The Hall–Kier alpha value is -2.74. The van der Waals surface area contributed by atoms with Crippen LogP contribution >= 0.6 is 0 Å². The molecule has 40 heavy (non-hydrogen) atoms. The van der Waals surface area contributed by atoms with Gasteiger partial charge in [-0.2, -0.15) is 0 Å². The third kappa shape index (κ3) is 5.97. The minimum atomic E-state index is -3.40. The Bertz CT molecular complexity index is 1060. The Morgan fingerprint density at radius 2 is 1.20 bits per heavy atom. The normalized spacial score (nSPS) is 20.8. The molecule has 0 aromatic carbocycles. The summed E-state index contributed by atoms with van der Waals surface area (Å²) < 4.78 is 24.0. The second-order valence-corrected chi connectivity index (χ2v) is 10.4. The smallest absolute Gasteiger partial charge is 0.343 e. The fourth-order valence-electron chi connectivity index (χ4n) is 4.73. The number of aliphatic hydroxyl groups is 3. The number of aliphatic hydroxyl groups excluding tert-OH is 2. The Balaban J connectivity index is 8.87. The van der Waals surface area contributed by atoms with Gasteiger partial charge in [0.25, 0.3) is 11.8 Å². The average molecular weight is 577 g/mol. The Kier molecular flexibility index (Phi) is 10.9. The number of nitrogens with one attached hydrogen (secondary N) is 1. The number of nitrogens with zero attached hydrogens (tertiary/aromatic N) is 2. The lowest BCUT2D eigenvalue weighted by atomic mass is 9.60. The van der Waals surface area contributed by atoms with Gasteiger partial charge < -0.3 is 35.5 Å². The van der Waals surface area contributed by atoms with E-state index in [1.165, 1.54) is 34.6 Å². The van der Waals surface area contributed by atoms with E-state index in [2.05, 4.69) is 5.32 Å². The summed E-state index contributed by atoms with van der Waals surface area (Å²) in [5.41, 5.74) is -9.48. The lowest BCUT2D eigenvalue weighted by molar-refractivity contribution is -0.182. The SMILES string of the molecule is [2H]CN[C@@H](C)C(=O)[C@@](C(=O)[C@@](C(=O)[C@@](C)(O)C(=O)O)([C@H](C)CC)N(C[2H])C(=O)[C@H](C)O)([C@H](C)CC)N(C[2H])C(=O)[C@H](C)O. The van der Waals surface area contributed by atoms with Gasteiger partial charge in [0, 0.05) is 18.2 Å². The van der Waals surface area contributed by atoms with E-state index in [-0.39, 0.29) is 17.7 Å². The van der Waals surface area contributed by atoms with E-state index in [9.17, 15) is 44.4 Å². The van der Waals surface area contributed by atoms with Gasteiger partial charge in [-0.1, -0.05) is 40.5 Å². The summed E-state index contributed by atoms with van der Waals surface area (Å²) >= 11 is 0. The van der Waals surface area contributed by atoms with Gasteiger partial charge in [0.15, 0.2) is 22.6 Å². The molecule has 0 spiro atoms. The van der Waals surface area contributed by atoms with Gasteiger partial charge in [0.1, 0.15) is 12.2 Å². The van der Waals surface area contributed by atoms with E-state index in [1.807, 2.05) is 0 Å². The number of Topliss-reactive ketones (excluding diaryl/α,β-unsaturated/α-hetero) is 3. The van der Waals surface area contributed by atoms with Crippen LogP contribution in [0.5, 0.6) is 0 Å². The van der Waals surface area contributed by atoms with Crippen LogP contribution < -0.4 is 5.32 Å². The number of aliphatic carboxylic acids is 1. The topological polar surface area (TPSA) is 202 Å². The largest absolute Gasteiger partial charge is 0.479 e.